The van der Waals surface area contributed by atoms with Crippen LogP contribution in [0.3, 0.4) is 0 Å². The van der Waals surface area contributed by atoms with Gasteiger partial charge in [-0.25, -0.2) is 8.42 Å². The van der Waals surface area contributed by atoms with Crippen molar-refractivity contribution in [1.82, 2.24) is 5.32 Å². The fourth-order valence-corrected chi connectivity index (χ4v) is 3.96. The number of carboxylic acids is 1. The van der Waals surface area contributed by atoms with Crippen LogP contribution in [0.4, 0.5) is 5.69 Å². The summed E-state index contributed by atoms with van der Waals surface area (Å²) in [6, 6.07) is 7.44. The lowest BCUT2D eigenvalue weighted by Gasteiger charge is -2.35. The summed E-state index contributed by atoms with van der Waals surface area (Å²) < 4.78 is 24.5. The van der Waals surface area contributed by atoms with Gasteiger partial charge in [0.15, 0.2) is 9.84 Å². The number of carboxylic acid groups (broad SMARTS) is 1. The van der Waals surface area contributed by atoms with Gasteiger partial charge in [-0.2, -0.15) is 0 Å². The van der Waals surface area contributed by atoms with Crippen LogP contribution in [-0.2, 0) is 14.6 Å². The van der Waals surface area contributed by atoms with Crippen LogP contribution in [0.1, 0.15) is 26.2 Å². The third-order valence-electron chi connectivity index (χ3n) is 4.19. The number of benzene rings is 1. The van der Waals surface area contributed by atoms with Gasteiger partial charge in [0.25, 0.3) is 0 Å². The topological polar surface area (TPSA) is 86.7 Å². The number of nitrogens with one attached hydrogen (secondary N) is 1. The predicted molar refractivity (Wildman–Crippen MR) is 89.7 cm³/mol. The third-order valence-corrected chi connectivity index (χ3v) is 5.96. The van der Waals surface area contributed by atoms with Crippen LogP contribution >= 0.6 is 0 Å². The zero-order chi connectivity index (χ0) is 16.9. The molecule has 1 fully saturated rings. The number of rotatable bonds is 7. The molecule has 1 aliphatic rings. The van der Waals surface area contributed by atoms with E-state index in [2.05, 4.69) is 10.2 Å². The van der Waals surface area contributed by atoms with Crippen molar-refractivity contribution in [3.05, 3.63) is 24.3 Å². The second-order valence-corrected chi connectivity index (χ2v) is 7.98. The summed E-state index contributed by atoms with van der Waals surface area (Å²) in [5.41, 5.74) is 0.776. The van der Waals surface area contributed by atoms with Gasteiger partial charge in [-0.3, -0.25) is 4.79 Å². The molecule has 2 rings (SSSR count). The zero-order valence-corrected chi connectivity index (χ0v) is 14.2. The van der Waals surface area contributed by atoms with E-state index in [0.717, 1.165) is 31.6 Å². The van der Waals surface area contributed by atoms with Crippen molar-refractivity contribution in [1.29, 1.82) is 0 Å². The van der Waals surface area contributed by atoms with E-state index < -0.39 is 15.8 Å². The molecule has 0 aromatic heterocycles. The second kappa shape index (κ2) is 7.79. The lowest BCUT2D eigenvalue weighted by atomic mass is 10.0. The number of sulfone groups is 1. The second-order valence-electron chi connectivity index (χ2n) is 5.73. The fraction of sp³-hybridized carbons (Fsp3) is 0.562. The Hall–Kier alpha value is -1.60. The van der Waals surface area contributed by atoms with Crippen molar-refractivity contribution in [3.63, 3.8) is 0 Å². The van der Waals surface area contributed by atoms with Crippen molar-refractivity contribution < 1.29 is 18.3 Å². The Bertz CT molecular complexity index is 637. The number of hydrogen-bond donors (Lipinski definition) is 2. The standard InChI is InChI=1S/C16H24N2O4S/c1-2-23(21,22)15-6-4-3-5-14(15)18-11-8-13(9-12-18)17-10-7-16(19)20/h3-6,13,17H,2,7-12H2,1H3,(H,19,20). The molecule has 7 heteroatoms. The van der Waals surface area contributed by atoms with Crippen LogP contribution in [0.2, 0.25) is 0 Å². The van der Waals surface area contributed by atoms with E-state index in [4.69, 9.17) is 5.11 Å². The Morgan fingerprint density at radius 1 is 1.30 bits per heavy atom. The Kier molecular flexibility index (Phi) is 6.01. The van der Waals surface area contributed by atoms with E-state index in [9.17, 15) is 13.2 Å². The summed E-state index contributed by atoms with van der Waals surface area (Å²) in [7, 11) is -3.24. The molecular weight excluding hydrogens is 316 g/mol. The van der Waals surface area contributed by atoms with Gasteiger partial charge in [0.2, 0.25) is 0 Å². The predicted octanol–water partition coefficient (Wildman–Crippen LogP) is 1.51. The average molecular weight is 340 g/mol. The Morgan fingerprint density at radius 3 is 2.57 bits per heavy atom. The summed E-state index contributed by atoms with van der Waals surface area (Å²) in [5, 5.41) is 11.9. The first-order valence-corrected chi connectivity index (χ1v) is 9.61. The molecule has 0 spiro atoms. The molecule has 1 aliphatic heterocycles. The number of carbonyl (C=O) groups is 1. The lowest BCUT2D eigenvalue weighted by Crippen LogP contribution is -2.43. The monoisotopic (exact) mass is 340 g/mol. The largest absolute Gasteiger partial charge is 0.481 e. The van der Waals surface area contributed by atoms with Crippen LogP contribution in [0.15, 0.2) is 29.2 Å². The minimum Gasteiger partial charge on any atom is -0.481 e. The smallest absolute Gasteiger partial charge is 0.304 e. The molecule has 1 aromatic rings. The first-order valence-electron chi connectivity index (χ1n) is 7.96. The Labute approximate surface area is 137 Å². The summed E-state index contributed by atoms with van der Waals surface area (Å²) in [6.07, 6.45) is 1.87. The molecule has 0 atom stereocenters. The minimum absolute atomic E-state index is 0.0945. The van der Waals surface area contributed by atoms with Crippen LogP contribution in [-0.4, -0.2) is 50.9 Å². The van der Waals surface area contributed by atoms with Crippen molar-refractivity contribution in [3.8, 4) is 0 Å². The summed E-state index contributed by atoms with van der Waals surface area (Å²) in [6.45, 7) is 3.66. The van der Waals surface area contributed by atoms with Crippen molar-refractivity contribution in [2.24, 2.45) is 0 Å². The molecule has 0 unspecified atom stereocenters. The van der Waals surface area contributed by atoms with Gasteiger partial charge < -0.3 is 15.3 Å². The van der Waals surface area contributed by atoms with Gasteiger partial charge in [0, 0.05) is 25.7 Å². The van der Waals surface area contributed by atoms with Crippen LogP contribution in [0, 0.1) is 0 Å². The summed E-state index contributed by atoms with van der Waals surface area (Å²) in [4.78, 5) is 13.0. The minimum atomic E-state index is -3.24. The molecule has 6 nitrogen and oxygen atoms in total. The summed E-state index contributed by atoms with van der Waals surface area (Å²) >= 11 is 0. The first-order chi connectivity index (χ1) is 10.9. The van der Waals surface area contributed by atoms with E-state index in [0.29, 0.717) is 17.5 Å². The third kappa shape index (κ3) is 4.68. The number of aliphatic carboxylic acids is 1. The maximum Gasteiger partial charge on any atom is 0.304 e. The number of anilines is 1. The molecule has 1 aromatic carbocycles. The quantitative estimate of drug-likeness (QED) is 0.782. The average Bonchev–Trinajstić information content (AvgIpc) is 2.55. The molecule has 23 heavy (non-hydrogen) atoms. The first kappa shape index (κ1) is 17.7. The molecule has 0 bridgehead atoms. The van der Waals surface area contributed by atoms with Gasteiger partial charge >= 0.3 is 5.97 Å². The number of nitrogens with zero attached hydrogens (tertiary/aromatic N) is 1. The van der Waals surface area contributed by atoms with Crippen molar-refractivity contribution in [2.45, 2.75) is 37.1 Å². The SMILES string of the molecule is CCS(=O)(=O)c1ccccc1N1CCC(NCCC(=O)O)CC1. The van der Waals surface area contributed by atoms with Crippen LogP contribution < -0.4 is 10.2 Å². The lowest BCUT2D eigenvalue weighted by molar-refractivity contribution is -0.136. The zero-order valence-electron chi connectivity index (χ0n) is 13.4. The van der Waals surface area contributed by atoms with E-state index in [1.54, 1.807) is 19.1 Å². The molecule has 0 saturated carbocycles. The van der Waals surface area contributed by atoms with E-state index >= 15 is 0 Å². The van der Waals surface area contributed by atoms with E-state index in [-0.39, 0.29) is 12.2 Å². The molecule has 0 amide bonds. The van der Waals surface area contributed by atoms with Crippen molar-refractivity contribution >= 4 is 21.5 Å². The van der Waals surface area contributed by atoms with Gasteiger partial charge in [0.05, 0.1) is 22.8 Å². The number of hydrogen-bond acceptors (Lipinski definition) is 5. The molecule has 0 aliphatic carbocycles. The van der Waals surface area contributed by atoms with E-state index in [1.165, 1.54) is 0 Å². The molecule has 0 radical (unpaired) electrons. The molecule has 128 valence electrons. The molecule has 1 saturated heterocycles. The van der Waals surface area contributed by atoms with Gasteiger partial charge in [-0.1, -0.05) is 19.1 Å². The Morgan fingerprint density at radius 2 is 1.96 bits per heavy atom. The fourth-order valence-electron chi connectivity index (χ4n) is 2.84. The van der Waals surface area contributed by atoms with Crippen LogP contribution in [0.25, 0.3) is 0 Å². The van der Waals surface area contributed by atoms with Gasteiger partial charge in [-0.05, 0) is 25.0 Å². The highest BCUT2D eigenvalue weighted by Gasteiger charge is 2.24. The summed E-state index contributed by atoms with van der Waals surface area (Å²) in [5.74, 6) is -0.703. The van der Waals surface area contributed by atoms with Gasteiger partial charge in [-0.15, -0.1) is 0 Å². The Balaban J connectivity index is 2.00. The molecule has 1 heterocycles. The molecule has 2 N–H and O–H groups in total. The highest BCUT2D eigenvalue weighted by molar-refractivity contribution is 7.91. The van der Waals surface area contributed by atoms with E-state index in [1.807, 2.05) is 12.1 Å². The normalized spacial score (nSPS) is 16.5. The van der Waals surface area contributed by atoms with Crippen LogP contribution in [0.5, 0.6) is 0 Å². The van der Waals surface area contributed by atoms with Gasteiger partial charge in [0.1, 0.15) is 0 Å². The number of para-hydroxylation sites is 1. The van der Waals surface area contributed by atoms with Crippen molar-refractivity contribution in [2.75, 3.05) is 30.3 Å². The maximum absolute atomic E-state index is 12.2. The highest BCUT2D eigenvalue weighted by atomic mass is 32.2. The number of piperidine rings is 1. The maximum atomic E-state index is 12.2. The highest BCUT2D eigenvalue weighted by Crippen LogP contribution is 2.28. The molecular formula is C16H24N2O4S.